The lowest BCUT2D eigenvalue weighted by Gasteiger charge is -2.31. The minimum Gasteiger partial charge on any atom is -0.475 e. The molecule has 0 bridgehead atoms. The minimum absolute atomic E-state index is 0.0216. The van der Waals surface area contributed by atoms with E-state index in [9.17, 15) is 14.4 Å². The molecule has 0 aliphatic heterocycles. The number of aliphatic carboxylic acids is 1. The maximum atomic E-state index is 13.2. The first-order chi connectivity index (χ1) is 16.4. The molecule has 1 atom stereocenters. The molecule has 3 aromatic carbocycles. The number of Topliss-reactive ketones (excluding diaryl/α,β-unsaturated/α-hetero) is 1. The van der Waals surface area contributed by atoms with Crippen LogP contribution in [0.25, 0.3) is 0 Å². The van der Waals surface area contributed by atoms with Gasteiger partial charge in [-0.05, 0) is 60.6 Å². The molecule has 1 aliphatic carbocycles. The van der Waals surface area contributed by atoms with Crippen LogP contribution < -0.4 is 4.90 Å². The first-order valence-electron chi connectivity index (χ1n) is 11.4. The Morgan fingerprint density at radius 1 is 0.882 bits per heavy atom. The van der Waals surface area contributed by atoms with Crippen LogP contribution in [0, 0.1) is 5.92 Å². The normalized spacial score (nSPS) is 14.7. The number of carboxylic acids is 1. The van der Waals surface area contributed by atoms with Crippen molar-refractivity contribution in [1.82, 2.24) is 4.90 Å². The number of carbonyl (C=O) groups is 3. The lowest BCUT2D eigenvalue weighted by atomic mass is 9.81. The van der Waals surface area contributed by atoms with Crippen LogP contribution in [0.15, 0.2) is 78.9 Å². The van der Waals surface area contributed by atoms with E-state index in [0.29, 0.717) is 13.0 Å². The average Bonchev–Trinajstić information content (AvgIpc) is 2.87. The summed E-state index contributed by atoms with van der Waals surface area (Å²) >= 11 is 0. The summed E-state index contributed by atoms with van der Waals surface area (Å²) < 4.78 is 0. The molecule has 1 amide bonds. The molecule has 6 heteroatoms. The topological polar surface area (TPSA) is 77.9 Å². The van der Waals surface area contributed by atoms with E-state index < -0.39 is 11.8 Å². The maximum absolute atomic E-state index is 13.2. The number of hydrogen-bond acceptors (Lipinski definition) is 4. The molecule has 0 spiro atoms. The SMILES string of the molecule is CN(CC1CCc2c(cccc2C(=O)C(=O)O)C1)C(=O)CN(c1ccccc1)c1ccccc1. The molecule has 0 heterocycles. The van der Waals surface area contributed by atoms with Crippen molar-refractivity contribution < 1.29 is 19.5 Å². The van der Waals surface area contributed by atoms with Crippen LogP contribution in [0.2, 0.25) is 0 Å². The predicted molar refractivity (Wildman–Crippen MR) is 131 cm³/mol. The fraction of sp³-hybridized carbons (Fsp3) is 0.250. The average molecular weight is 457 g/mol. The Bertz CT molecular complexity index is 1140. The Kier molecular flexibility index (Phi) is 7.07. The van der Waals surface area contributed by atoms with Crippen molar-refractivity contribution in [3.63, 3.8) is 0 Å². The Hall–Kier alpha value is -3.93. The molecule has 174 valence electrons. The smallest absolute Gasteiger partial charge is 0.377 e. The van der Waals surface area contributed by atoms with Crippen LogP contribution in [-0.2, 0) is 22.4 Å². The Labute approximate surface area is 199 Å². The highest BCUT2D eigenvalue weighted by Crippen LogP contribution is 2.29. The molecule has 1 aliphatic rings. The Balaban J connectivity index is 1.44. The van der Waals surface area contributed by atoms with Gasteiger partial charge in [0, 0.05) is 30.5 Å². The quantitative estimate of drug-likeness (QED) is 0.403. The highest BCUT2D eigenvalue weighted by atomic mass is 16.4. The largest absolute Gasteiger partial charge is 0.475 e. The highest BCUT2D eigenvalue weighted by Gasteiger charge is 2.27. The summed E-state index contributed by atoms with van der Waals surface area (Å²) in [6.07, 6.45) is 2.15. The molecule has 0 saturated carbocycles. The van der Waals surface area contributed by atoms with E-state index >= 15 is 0 Å². The van der Waals surface area contributed by atoms with Gasteiger partial charge in [-0.1, -0.05) is 54.6 Å². The van der Waals surface area contributed by atoms with Crippen molar-refractivity contribution in [2.45, 2.75) is 19.3 Å². The fourth-order valence-corrected chi connectivity index (χ4v) is 4.66. The van der Waals surface area contributed by atoms with Crippen LogP contribution in [0.3, 0.4) is 0 Å². The predicted octanol–water partition coefficient (Wildman–Crippen LogP) is 4.36. The Morgan fingerprint density at radius 2 is 1.50 bits per heavy atom. The fourth-order valence-electron chi connectivity index (χ4n) is 4.66. The number of nitrogens with zero attached hydrogens (tertiary/aromatic N) is 2. The molecule has 1 N–H and O–H groups in total. The van der Waals surface area contributed by atoms with Gasteiger partial charge in [0.25, 0.3) is 5.78 Å². The monoisotopic (exact) mass is 456 g/mol. The number of hydrogen-bond donors (Lipinski definition) is 1. The van der Waals surface area contributed by atoms with Gasteiger partial charge in [-0.2, -0.15) is 0 Å². The lowest BCUT2D eigenvalue weighted by Crippen LogP contribution is -2.40. The third-order valence-electron chi connectivity index (χ3n) is 6.41. The van der Waals surface area contributed by atoms with Crippen molar-refractivity contribution in [3.05, 3.63) is 95.6 Å². The third kappa shape index (κ3) is 5.17. The van der Waals surface area contributed by atoms with Gasteiger partial charge in [0.2, 0.25) is 5.91 Å². The van der Waals surface area contributed by atoms with E-state index in [1.54, 1.807) is 17.0 Å². The van der Waals surface area contributed by atoms with E-state index in [1.165, 1.54) is 0 Å². The number of para-hydroxylation sites is 2. The zero-order chi connectivity index (χ0) is 24.1. The second-order valence-corrected chi connectivity index (χ2v) is 8.72. The highest BCUT2D eigenvalue weighted by molar-refractivity contribution is 6.40. The molecule has 4 rings (SSSR count). The van der Waals surface area contributed by atoms with Gasteiger partial charge < -0.3 is 14.9 Å². The number of rotatable bonds is 8. The van der Waals surface area contributed by atoms with Crippen LogP contribution in [0.1, 0.15) is 27.9 Å². The molecule has 0 radical (unpaired) electrons. The van der Waals surface area contributed by atoms with Crippen LogP contribution >= 0.6 is 0 Å². The van der Waals surface area contributed by atoms with E-state index in [1.807, 2.05) is 78.7 Å². The number of likely N-dealkylation sites (N-methyl/N-ethyl adjacent to an activating group) is 1. The van der Waals surface area contributed by atoms with E-state index in [2.05, 4.69) is 0 Å². The summed E-state index contributed by atoms with van der Waals surface area (Å²) in [5.41, 5.74) is 4.03. The lowest BCUT2D eigenvalue weighted by molar-refractivity contribution is -0.132. The molecule has 6 nitrogen and oxygen atoms in total. The van der Waals surface area contributed by atoms with Crippen molar-refractivity contribution in [3.8, 4) is 0 Å². The van der Waals surface area contributed by atoms with E-state index in [4.69, 9.17) is 5.11 Å². The molecule has 34 heavy (non-hydrogen) atoms. The standard InChI is InChI=1S/C28H28N2O4/c1-29(18-20-15-16-24-21(17-20)9-8-14-25(24)27(32)28(33)34)26(31)19-30(22-10-4-2-5-11-22)23-12-6-3-7-13-23/h2-14,20H,15-19H2,1H3,(H,33,34). The van der Waals surface area contributed by atoms with Gasteiger partial charge in [0.1, 0.15) is 6.54 Å². The van der Waals surface area contributed by atoms with Crippen molar-refractivity contribution >= 4 is 29.0 Å². The van der Waals surface area contributed by atoms with Crippen LogP contribution in [0.5, 0.6) is 0 Å². The second kappa shape index (κ2) is 10.3. The minimum atomic E-state index is -1.43. The first kappa shape index (κ1) is 23.2. The summed E-state index contributed by atoms with van der Waals surface area (Å²) in [6.45, 7) is 0.831. The maximum Gasteiger partial charge on any atom is 0.377 e. The number of anilines is 2. The molecule has 0 fully saturated rings. The second-order valence-electron chi connectivity index (χ2n) is 8.72. The van der Waals surface area contributed by atoms with E-state index in [-0.39, 0.29) is 23.9 Å². The zero-order valence-electron chi connectivity index (χ0n) is 19.2. The summed E-state index contributed by atoms with van der Waals surface area (Å²) in [5.74, 6) is -2.02. The van der Waals surface area contributed by atoms with Gasteiger partial charge in [-0.25, -0.2) is 4.79 Å². The molecular formula is C28H28N2O4. The summed E-state index contributed by atoms with van der Waals surface area (Å²) in [5, 5.41) is 9.11. The summed E-state index contributed by atoms with van der Waals surface area (Å²) in [7, 11) is 1.83. The number of amides is 1. The van der Waals surface area contributed by atoms with Gasteiger partial charge in [0.05, 0.1) is 0 Å². The van der Waals surface area contributed by atoms with Gasteiger partial charge >= 0.3 is 5.97 Å². The molecular weight excluding hydrogens is 428 g/mol. The number of fused-ring (bicyclic) bond motifs is 1. The van der Waals surface area contributed by atoms with Crippen molar-refractivity contribution in [2.75, 3.05) is 25.0 Å². The van der Waals surface area contributed by atoms with Gasteiger partial charge in [0.15, 0.2) is 0 Å². The number of carbonyl (C=O) groups excluding carboxylic acids is 2. The first-order valence-corrected chi connectivity index (χ1v) is 11.4. The summed E-state index contributed by atoms with van der Waals surface area (Å²) in [4.78, 5) is 40.2. The van der Waals surface area contributed by atoms with Crippen molar-refractivity contribution in [2.24, 2.45) is 5.92 Å². The van der Waals surface area contributed by atoms with Gasteiger partial charge in [-0.15, -0.1) is 0 Å². The van der Waals surface area contributed by atoms with E-state index in [0.717, 1.165) is 35.3 Å². The zero-order valence-corrected chi connectivity index (χ0v) is 19.2. The number of benzene rings is 3. The Morgan fingerprint density at radius 3 is 2.09 bits per heavy atom. The number of carboxylic acid groups (broad SMARTS) is 1. The molecule has 3 aromatic rings. The van der Waals surface area contributed by atoms with Crippen molar-refractivity contribution in [1.29, 1.82) is 0 Å². The van der Waals surface area contributed by atoms with Crippen LogP contribution in [0.4, 0.5) is 11.4 Å². The van der Waals surface area contributed by atoms with Gasteiger partial charge in [-0.3, -0.25) is 9.59 Å². The third-order valence-corrected chi connectivity index (χ3v) is 6.41. The van der Waals surface area contributed by atoms with Crippen LogP contribution in [-0.4, -0.2) is 47.8 Å². The number of ketones is 1. The molecule has 0 aromatic heterocycles. The molecule has 0 saturated heterocycles. The molecule has 1 unspecified atom stereocenters. The summed E-state index contributed by atoms with van der Waals surface area (Å²) in [6, 6.07) is 25.0.